The first-order valence-corrected chi connectivity index (χ1v) is 9.71. The summed E-state index contributed by atoms with van der Waals surface area (Å²) in [7, 11) is 0. The number of carbonyl (C=O) groups is 2. The van der Waals surface area contributed by atoms with Gasteiger partial charge in [0.25, 0.3) is 0 Å². The number of amides is 2. The number of aryl methyl sites for hydroxylation is 1. The van der Waals surface area contributed by atoms with Crippen molar-refractivity contribution in [3.05, 3.63) is 59.4 Å². The van der Waals surface area contributed by atoms with E-state index in [-0.39, 0.29) is 17.5 Å². The average Bonchev–Trinajstić information content (AvgIpc) is 3.03. The maximum absolute atomic E-state index is 14.3. The third kappa shape index (κ3) is 4.64. The fourth-order valence-corrected chi connectivity index (χ4v) is 3.64. The van der Waals surface area contributed by atoms with E-state index in [0.717, 1.165) is 12.2 Å². The van der Waals surface area contributed by atoms with E-state index in [1.54, 1.807) is 12.1 Å². The summed E-state index contributed by atoms with van der Waals surface area (Å²) >= 11 is 1.51. The quantitative estimate of drug-likeness (QED) is 0.829. The Morgan fingerprint density at radius 1 is 1.23 bits per heavy atom. The Kier molecular flexibility index (Phi) is 5.93. The van der Waals surface area contributed by atoms with Gasteiger partial charge in [-0.05, 0) is 37.1 Å². The molecule has 0 unspecified atom stereocenters. The van der Waals surface area contributed by atoms with E-state index in [0.29, 0.717) is 24.4 Å². The minimum absolute atomic E-state index is 0.0619. The number of anilines is 2. The molecule has 0 bridgehead atoms. The van der Waals surface area contributed by atoms with Crippen LogP contribution in [-0.4, -0.2) is 24.1 Å². The lowest BCUT2D eigenvalue weighted by molar-refractivity contribution is -0.117. The zero-order chi connectivity index (χ0) is 18.5. The van der Waals surface area contributed by atoms with E-state index < -0.39 is 5.82 Å². The fraction of sp³-hybridized carbons (Fsp3) is 0.300. The van der Waals surface area contributed by atoms with Gasteiger partial charge in [-0.2, -0.15) is 0 Å². The van der Waals surface area contributed by atoms with Gasteiger partial charge in [0, 0.05) is 24.4 Å². The highest BCUT2D eigenvalue weighted by atomic mass is 32.2. The van der Waals surface area contributed by atoms with Gasteiger partial charge < -0.3 is 10.2 Å². The molecule has 1 aliphatic rings. The molecule has 1 aliphatic heterocycles. The van der Waals surface area contributed by atoms with Crippen LogP contribution in [0.4, 0.5) is 15.8 Å². The second kappa shape index (κ2) is 8.36. The van der Waals surface area contributed by atoms with E-state index in [9.17, 15) is 14.0 Å². The Morgan fingerprint density at radius 2 is 2.00 bits per heavy atom. The van der Waals surface area contributed by atoms with E-state index in [1.807, 2.05) is 31.2 Å². The summed E-state index contributed by atoms with van der Waals surface area (Å²) < 4.78 is 14.3. The number of halogens is 1. The maximum Gasteiger partial charge on any atom is 0.234 e. The topological polar surface area (TPSA) is 49.4 Å². The summed E-state index contributed by atoms with van der Waals surface area (Å²) in [5.74, 6) is 0.310. The van der Waals surface area contributed by atoms with Crippen LogP contribution in [0.15, 0.2) is 42.5 Å². The largest absolute Gasteiger partial charge is 0.325 e. The van der Waals surface area contributed by atoms with E-state index >= 15 is 0 Å². The number of thioether (sulfide) groups is 1. The summed E-state index contributed by atoms with van der Waals surface area (Å²) in [6.07, 6.45) is 1.20. The van der Waals surface area contributed by atoms with Crippen molar-refractivity contribution in [2.45, 2.75) is 25.5 Å². The predicted octanol–water partition coefficient (Wildman–Crippen LogP) is 4.13. The summed E-state index contributed by atoms with van der Waals surface area (Å²) in [6.45, 7) is 2.57. The maximum atomic E-state index is 14.3. The number of nitrogens with one attached hydrogen (secondary N) is 1. The molecule has 0 radical (unpaired) electrons. The van der Waals surface area contributed by atoms with Crippen LogP contribution in [0.5, 0.6) is 0 Å². The number of benzene rings is 2. The van der Waals surface area contributed by atoms with Crippen LogP contribution in [0.2, 0.25) is 0 Å². The number of hydrogen-bond donors (Lipinski definition) is 1. The lowest BCUT2D eigenvalue weighted by Gasteiger charge is -2.17. The minimum Gasteiger partial charge on any atom is -0.325 e. The zero-order valence-electron chi connectivity index (χ0n) is 14.6. The van der Waals surface area contributed by atoms with Gasteiger partial charge in [0.1, 0.15) is 5.82 Å². The van der Waals surface area contributed by atoms with Crippen molar-refractivity contribution in [1.29, 1.82) is 0 Å². The summed E-state index contributed by atoms with van der Waals surface area (Å²) in [6, 6.07) is 12.6. The second-order valence-corrected chi connectivity index (χ2v) is 7.33. The highest BCUT2D eigenvalue weighted by Crippen LogP contribution is 2.27. The monoisotopic (exact) mass is 372 g/mol. The van der Waals surface area contributed by atoms with Crippen molar-refractivity contribution in [1.82, 2.24) is 0 Å². The van der Waals surface area contributed by atoms with Gasteiger partial charge in [0.2, 0.25) is 11.8 Å². The molecule has 1 saturated heterocycles. The van der Waals surface area contributed by atoms with E-state index in [1.165, 1.54) is 33.9 Å². The Hall–Kier alpha value is -2.34. The SMILES string of the molecule is Cc1ccc(CSCC(=O)Nc2ccc(N3CCCC3=O)c(F)c2)cc1. The minimum atomic E-state index is -0.495. The molecule has 3 rings (SSSR count). The molecule has 0 aromatic heterocycles. The lowest BCUT2D eigenvalue weighted by Crippen LogP contribution is -2.24. The van der Waals surface area contributed by atoms with E-state index in [2.05, 4.69) is 5.32 Å². The smallest absolute Gasteiger partial charge is 0.234 e. The van der Waals surface area contributed by atoms with Gasteiger partial charge in [0.15, 0.2) is 0 Å². The van der Waals surface area contributed by atoms with Crippen LogP contribution >= 0.6 is 11.8 Å². The van der Waals surface area contributed by atoms with Crippen LogP contribution in [0, 0.1) is 12.7 Å². The first-order chi connectivity index (χ1) is 12.5. The van der Waals surface area contributed by atoms with E-state index in [4.69, 9.17) is 0 Å². The van der Waals surface area contributed by atoms with Crippen LogP contribution < -0.4 is 10.2 Å². The van der Waals surface area contributed by atoms with Crippen molar-refractivity contribution in [2.24, 2.45) is 0 Å². The number of hydrogen-bond acceptors (Lipinski definition) is 3. The van der Waals surface area contributed by atoms with Gasteiger partial charge in [-0.3, -0.25) is 9.59 Å². The molecule has 0 atom stereocenters. The normalized spacial score (nSPS) is 13.9. The Morgan fingerprint density at radius 3 is 2.65 bits per heavy atom. The molecule has 1 fully saturated rings. The lowest BCUT2D eigenvalue weighted by atomic mass is 10.2. The van der Waals surface area contributed by atoms with Crippen LogP contribution in [0.3, 0.4) is 0 Å². The van der Waals surface area contributed by atoms with Crippen molar-refractivity contribution in [3.63, 3.8) is 0 Å². The van der Waals surface area contributed by atoms with Gasteiger partial charge in [-0.25, -0.2) is 4.39 Å². The molecule has 1 heterocycles. The van der Waals surface area contributed by atoms with Crippen molar-refractivity contribution >= 4 is 35.0 Å². The molecule has 2 aromatic rings. The van der Waals surface area contributed by atoms with Crippen LogP contribution in [-0.2, 0) is 15.3 Å². The molecule has 2 amide bonds. The van der Waals surface area contributed by atoms with Gasteiger partial charge in [-0.1, -0.05) is 29.8 Å². The molecule has 6 heteroatoms. The van der Waals surface area contributed by atoms with Crippen molar-refractivity contribution < 1.29 is 14.0 Å². The molecule has 1 N–H and O–H groups in total. The molecular formula is C20H21FN2O2S. The van der Waals surface area contributed by atoms with Crippen LogP contribution in [0.25, 0.3) is 0 Å². The Balaban J connectivity index is 1.51. The number of carbonyl (C=O) groups excluding carboxylic acids is 2. The molecule has 26 heavy (non-hydrogen) atoms. The standard InChI is InChI=1S/C20H21FN2O2S/c1-14-4-6-15(7-5-14)12-26-13-19(24)22-16-8-9-18(17(21)11-16)23-10-2-3-20(23)25/h4-9,11H,2-3,10,12-13H2,1H3,(H,22,24). The molecule has 0 spiro atoms. The first kappa shape index (κ1) is 18.5. The predicted molar refractivity (Wildman–Crippen MR) is 104 cm³/mol. The molecular weight excluding hydrogens is 351 g/mol. The molecule has 4 nitrogen and oxygen atoms in total. The number of nitrogens with zero attached hydrogens (tertiary/aromatic N) is 1. The molecule has 136 valence electrons. The molecule has 2 aromatic carbocycles. The first-order valence-electron chi connectivity index (χ1n) is 8.56. The van der Waals surface area contributed by atoms with Crippen molar-refractivity contribution in [2.75, 3.05) is 22.5 Å². The van der Waals surface area contributed by atoms with Gasteiger partial charge in [0.05, 0.1) is 11.4 Å². The highest BCUT2D eigenvalue weighted by Gasteiger charge is 2.24. The fourth-order valence-electron chi connectivity index (χ4n) is 2.85. The van der Waals surface area contributed by atoms with Crippen molar-refractivity contribution in [3.8, 4) is 0 Å². The summed E-state index contributed by atoms with van der Waals surface area (Å²) in [5.41, 5.74) is 3.05. The molecule has 0 saturated carbocycles. The Labute approximate surface area is 156 Å². The summed E-state index contributed by atoms with van der Waals surface area (Å²) in [5, 5.41) is 2.70. The average molecular weight is 372 g/mol. The second-order valence-electron chi connectivity index (χ2n) is 6.34. The number of rotatable bonds is 6. The Bertz CT molecular complexity index is 808. The summed E-state index contributed by atoms with van der Waals surface area (Å²) in [4.78, 5) is 25.2. The molecule has 0 aliphatic carbocycles. The highest BCUT2D eigenvalue weighted by molar-refractivity contribution is 7.99. The van der Waals surface area contributed by atoms with Crippen LogP contribution in [0.1, 0.15) is 24.0 Å². The van der Waals surface area contributed by atoms with Gasteiger partial charge in [-0.15, -0.1) is 11.8 Å². The van der Waals surface area contributed by atoms with Gasteiger partial charge >= 0.3 is 0 Å². The zero-order valence-corrected chi connectivity index (χ0v) is 15.4. The third-order valence-corrected chi connectivity index (χ3v) is 5.22. The third-order valence-electron chi connectivity index (χ3n) is 4.22.